The van der Waals surface area contributed by atoms with Crippen LogP contribution in [0.4, 0.5) is 0 Å². The van der Waals surface area contributed by atoms with E-state index in [4.69, 9.17) is 0 Å². The van der Waals surface area contributed by atoms with Crippen LogP contribution in [0.2, 0.25) is 0 Å². The highest BCUT2D eigenvalue weighted by Gasteiger charge is 2.37. The van der Waals surface area contributed by atoms with Gasteiger partial charge in [-0.05, 0) is 56.0 Å². The second-order valence-corrected chi connectivity index (χ2v) is 6.41. The fourth-order valence-corrected chi connectivity index (χ4v) is 3.89. The fourth-order valence-electron chi connectivity index (χ4n) is 3.89. The highest BCUT2D eigenvalue weighted by molar-refractivity contribution is 4.88. The monoisotopic (exact) mass is 237 g/mol. The van der Waals surface area contributed by atoms with Crippen LogP contribution >= 0.6 is 0 Å². The molecule has 1 heteroatoms. The Morgan fingerprint density at radius 1 is 1.06 bits per heavy atom. The van der Waals surface area contributed by atoms with Gasteiger partial charge in [-0.2, -0.15) is 0 Å². The average Bonchev–Trinajstić information content (AvgIpc) is 2.29. The van der Waals surface area contributed by atoms with E-state index in [1.54, 1.807) is 6.42 Å². The Morgan fingerprint density at radius 3 is 2.47 bits per heavy atom. The van der Waals surface area contributed by atoms with Crippen LogP contribution in [0.15, 0.2) is 0 Å². The van der Waals surface area contributed by atoms with E-state index in [2.05, 4.69) is 19.2 Å². The molecule has 0 aromatic heterocycles. The zero-order valence-corrected chi connectivity index (χ0v) is 11.9. The molecule has 2 aliphatic rings. The summed E-state index contributed by atoms with van der Waals surface area (Å²) in [6.07, 6.45) is 11.8. The van der Waals surface area contributed by atoms with Gasteiger partial charge in [0.25, 0.3) is 0 Å². The minimum Gasteiger partial charge on any atom is -0.316 e. The number of rotatable bonds is 6. The summed E-state index contributed by atoms with van der Waals surface area (Å²) in [5.41, 5.74) is 0. The molecule has 2 saturated carbocycles. The lowest BCUT2D eigenvalue weighted by molar-refractivity contribution is 0.0726. The lowest BCUT2D eigenvalue weighted by Gasteiger charge is -2.44. The van der Waals surface area contributed by atoms with Crippen LogP contribution in [-0.4, -0.2) is 13.1 Å². The third-order valence-corrected chi connectivity index (χ3v) is 5.32. The molecule has 2 fully saturated rings. The van der Waals surface area contributed by atoms with Crippen LogP contribution in [-0.2, 0) is 0 Å². The Hall–Kier alpha value is -0.0400. The van der Waals surface area contributed by atoms with Crippen LogP contribution in [0.25, 0.3) is 0 Å². The van der Waals surface area contributed by atoms with Gasteiger partial charge < -0.3 is 5.32 Å². The van der Waals surface area contributed by atoms with E-state index in [0.717, 1.165) is 23.7 Å². The van der Waals surface area contributed by atoms with Crippen molar-refractivity contribution in [1.29, 1.82) is 0 Å². The first kappa shape index (κ1) is 13.4. The molecular formula is C16H31N. The van der Waals surface area contributed by atoms with Crippen molar-refractivity contribution in [2.75, 3.05) is 13.1 Å². The SMILES string of the molecule is CCCNCC1CCC(CC)CC1C1CCC1. The largest absolute Gasteiger partial charge is 0.316 e. The molecule has 0 aliphatic heterocycles. The Bertz CT molecular complexity index is 208. The maximum atomic E-state index is 3.67. The molecule has 100 valence electrons. The van der Waals surface area contributed by atoms with Crippen molar-refractivity contribution in [3.63, 3.8) is 0 Å². The molecular weight excluding hydrogens is 206 g/mol. The molecule has 0 saturated heterocycles. The van der Waals surface area contributed by atoms with Gasteiger partial charge in [0.05, 0.1) is 0 Å². The lowest BCUT2D eigenvalue weighted by atomic mass is 9.62. The molecule has 3 unspecified atom stereocenters. The second-order valence-electron chi connectivity index (χ2n) is 6.41. The molecule has 17 heavy (non-hydrogen) atoms. The van der Waals surface area contributed by atoms with Crippen molar-refractivity contribution < 1.29 is 0 Å². The number of hydrogen-bond donors (Lipinski definition) is 1. The Balaban J connectivity index is 1.83. The third-order valence-electron chi connectivity index (χ3n) is 5.32. The van der Waals surface area contributed by atoms with E-state index in [-0.39, 0.29) is 0 Å². The van der Waals surface area contributed by atoms with Crippen LogP contribution in [0, 0.1) is 23.7 Å². The van der Waals surface area contributed by atoms with Gasteiger partial charge in [0.15, 0.2) is 0 Å². The molecule has 0 bridgehead atoms. The topological polar surface area (TPSA) is 12.0 Å². The number of hydrogen-bond acceptors (Lipinski definition) is 1. The van der Waals surface area contributed by atoms with E-state index in [1.807, 2.05) is 0 Å². The quantitative estimate of drug-likeness (QED) is 0.682. The van der Waals surface area contributed by atoms with Crippen molar-refractivity contribution in [2.24, 2.45) is 23.7 Å². The molecule has 2 rings (SSSR count). The van der Waals surface area contributed by atoms with E-state index in [1.165, 1.54) is 58.0 Å². The molecule has 0 aromatic rings. The molecule has 0 aromatic carbocycles. The van der Waals surface area contributed by atoms with Gasteiger partial charge in [0, 0.05) is 0 Å². The summed E-state index contributed by atoms with van der Waals surface area (Å²) in [6, 6.07) is 0. The van der Waals surface area contributed by atoms with Gasteiger partial charge >= 0.3 is 0 Å². The maximum Gasteiger partial charge on any atom is -0.00178 e. The molecule has 1 nitrogen and oxygen atoms in total. The van der Waals surface area contributed by atoms with Crippen LogP contribution in [0.3, 0.4) is 0 Å². The van der Waals surface area contributed by atoms with Crippen molar-refractivity contribution >= 4 is 0 Å². The maximum absolute atomic E-state index is 3.67. The van der Waals surface area contributed by atoms with Crippen LogP contribution in [0.5, 0.6) is 0 Å². The van der Waals surface area contributed by atoms with Crippen molar-refractivity contribution in [3.05, 3.63) is 0 Å². The average molecular weight is 237 g/mol. The summed E-state index contributed by atoms with van der Waals surface area (Å²) >= 11 is 0. The first-order valence-electron chi connectivity index (χ1n) is 8.05. The standard InChI is InChI=1S/C16H31N/c1-3-10-17-12-15-9-8-13(4-2)11-16(15)14-6-5-7-14/h13-17H,3-12H2,1-2H3. The van der Waals surface area contributed by atoms with Crippen molar-refractivity contribution in [2.45, 2.75) is 65.2 Å². The molecule has 0 heterocycles. The normalized spacial score (nSPS) is 34.6. The van der Waals surface area contributed by atoms with Gasteiger partial charge in [-0.15, -0.1) is 0 Å². The summed E-state index contributed by atoms with van der Waals surface area (Å²) < 4.78 is 0. The zero-order chi connectivity index (χ0) is 12.1. The van der Waals surface area contributed by atoms with Crippen molar-refractivity contribution in [3.8, 4) is 0 Å². The lowest BCUT2D eigenvalue weighted by Crippen LogP contribution is -2.39. The first-order valence-corrected chi connectivity index (χ1v) is 8.05. The van der Waals surface area contributed by atoms with E-state index in [0.29, 0.717) is 0 Å². The van der Waals surface area contributed by atoms with Gasteiger partial charge in [0.2, 0.25) is 0 Å². The smallest absolute Gasteiger partial charge is 0.00178 e. The summed E-state index contributed by atoms with van der Waals surface area (Å²) in [5.74, 6) is 4.20. The summed E-state index contributed by atoms with van der Waals surface area (Å²) in [7, 11) is 0. The molecule has 0 amide bonds. The fraction of sp³-hybridized carbons (Fsp3) is 1.00. The van der Waals surface area contributed by atoms with Gasteiger partial charge in [0.1, 0.15) is 0 Å². The third kappa shape index (κ3) is 3.47. The van der Waals surface area contributed by atoms with Gasteiger partial charge in [-0.1, -0.05) is 46.0 Å². The molecule has 0 spiro atoms. The summed E-state index contributed by atoms with van der Waals surface area (Å²) in [4.78, 5) is 0. The van der Waals surface area contributed by atoms with Gasteiger partial charge in [-0.3, -0.25) is 0 Å². The predicted molar refractivity (Wildman–Crippen MR) is 75.1 cm³/mol. The second kappa shape index (κ2) is 6.78. The molecule has 3 atom stereocenters. The Labute approximate surface area is 108 Å². The summed E-state index contributed by atoms with van der Waals surface area (Å²) in [6.45, 7) is 7.17. The molecule has 0 radical (unpaired) electrons. The zero-order valence-electron chi connectivity index (χ0n) is 11.9. The Kier molecular flexibility index (Phi) is 5.34. The minimum atomic E-state index is 0.995. The first-order chi connectivity index (χ1) is 8.35. The van der Waals surface area contributed by atoms with E-state index >= 15 is 0 Å². The Morgan fingerprint density at radius 2 is 1.88 bits per heavy atom. The number of nitrogens with one attached hydrogen (secondary N) is 1. The highest BCUT2D eigenvalue weighted by atomic mass is 14.9. The highest BCUT2D eigenvalue weighted by Crippen LogP contribution is 2.46. The van der Waals surface area contributed by atoms with Gasteiger partial charge in [-0.25, -0.2) is 0 Å². The summed E-state index contributed by atoms with van der Waals surface area (Å²) in [5, 5.41) is 3.67. The minimum absolute atomic E-state index is 0.995. The predicted octanol–water partition coefficient (Wildman–Crippen LogP) is 4.23. The van der Waals surface area contributed by atoms with Crippen LogP contribution < -0.4 is 5.32 Å². The molecule has 1 N–H and O–H groups in total. The van der Waals surface area contributed by atoms with E-state index in [9.17, 15) is 0 Å². The van der Waals surface area contributed by atoms with E-state index < -0.39 is 0 Å². The van der Waals surface area contributed by atoms with Crippen molar-refractivity contribution in [1.82, 2.24) is 5.32 Å². The molecule has 2 aliphatic carbocycles. The van der Waals surface area contributed by atoms with Crippen LogP contribution in [0.1, 0.15) is 65.2 Å².